The van der Waals surface area contributed by atoms with E-state index >= 15 is 0 Å². The van der Waals surface area contributed by atoms with E-state index in [0.717, 1.165) is 6.07 Å². The molecule has 9 heteroatoms. The maximum Gasteiger partial charge on any atom is 0.574 e. The van der Waals surface area contributed by atoms with E-state index in [9.17, 15) is 22.0 Å². The molecule has 0 fully saturated rings. The monoisotopic (exact) mass is 300 g/mol. The number of nitriles is 1. The van der Waals surface area contributed by atoms with Crippen molar-refractivity contribution in [3.05, 3.63) is 22.9 Å². The molecule has 3 nitrogen and oxygen atoms in total. The highest BCUT2D eigenvalue weighted by atomic mass is 35.5. The highest BCUT2D eigenvalue weighted by Gasteiger charge is 2.33. The van der Waals surface area contributed by atoms with Gasteiger partial charge in [0.25, 0.3) is 6.43 Å². The third kappa shape index (κ3) is 4.21. The fourth-order valence-corrected chi connectivity index (χ4v) is 1.50. The number of alkyl halides is 6. The van der Waals surface area contributed by atoms with Crippen molar-refractivity contribution in [1.82, 2.24) is 4.98 Å². The molecule has 19 heavy (non-hydrogen) atoms. The zero-order valence-electron chi connectivity index (χ0n) is 9.14. The smallest absolute Gasteiger partial charge is 0.388 e. The van der Waals surface area contributed by atoms with Gasteiger partial charge in [0.1, 0.15) is 5.69 Å². The second-order valence-corrected chi connectivity index (χ2v) is 3.58. The normalized spacial score (nSPS) is 11.5. The van der Waals surface area contributed by atoms with Crippen LogP contribution in [0.5, 0.6) is 5.88 Å². The average molecular weight is 301 g/mol. The van der Waals surface area contributed by atoms with Crippen molar-refractivity contribution in [3.8, 4) is 11.9 Å². The molecule has 0 amide bonds. The molecule has 0 N–H and O–H groups in total. The first-order valence-electron chi connectivity index (χ1n) is 4.78. The fourth-order valence-electron chi connectivity index (χ4n) is 1.31. The Labute approximate surface area is 109 Å². The Morgan fingerprint density at radius 2 is 2.00 bits per heavy atom. The lowest BCUT2D eigenvalue weighted by molar-refractivity contribution is -0.276. The van der Waals surface area contributed by atoms with E-state index < -0.39 is 36.7 Å². The number of pyridine rings is 1. The summed E-state index contributed by atoms with van der Waals surface area (Å²) < 4.78 is 65.1. The lowest BCUT2D eigenvalue weighted by Gasteiger charge is -2.14. The maximum absolute atomic E-state index is 12.7. The summed E-state index contributed by atoms with van der Waals surface area (Å²) in [5.41, 5.74) is -1.31. The summed E-state index contributed by atoms with van der Waals surface area (Å²) in [6.07, 6.45) is -8.60. The van der Waals surface area contributed by atoms with E-state index in [1.807, 2.05) is 0 Å². The molecular formula is C10H6ClF5N2O. The summed E-state index contributed by atoms with van der Waals surface area (Å²) in [6, 6.07) is 2.58. The van der Waals surface area contributed by atoms with Crippen molar-refractivity contribution in [1.29, 1.82) is 5.26 Å². The standard InChI is InChI=1S/C10H6ClF5N2O/c11-4-6-3-5(1-2-17)7(8(12)13)18-9(6)19-10(14,15)16/h3,8H,1,4H2. The minimum atomic E-state index is -5.07. The van der Waals surface area contributed by atoms with Crippen LogP contribution in [0.15, 0.2) is 6.07 Å². The van der Waals surface area contributed by atoms with Crippen LogP contribution in [-0.4, -0.2) is 11.3 Å². The van der Waals surface area contributed by atoms with Crippen LogP contribution in [-0.2, 0) is 12.3 Å². The van der Waals surface area contributed by atoms with Gasteiger partial charge < -0.3 is 4.74 Å². The van der Waals surface area contributed by atoms with Crippen LogP contribution in [0.1, 0.15) is 23.2 Å². The largest absolute Gasteiger partial charge is 0.574 e. The van der Waals surface area contributed by atoms with Gasteiger partial charge in [-0.1, -0.05) is 0 Å². The van der Waals surface area contributed by atoms with Crippen molar-refractivity contribution in [3.63, 3.8) is 0 Å². The van der Waals surface area contributed by atoms with Gasteiger partial charge in [-0.3, -0.25) is 0 Å². The summed E-state index contributed by atoms with van der Waals surface area (Å²) in [4.78, 5) is 3.12. The van der Waals surface area contributed by atoms with Crippen LogP contribution in [0.25, 0.3) is 0 Å². The molecule has 0 aliphatic heterocycles. The molecule has 0 atom stereocenters. The minimum absolute atomic E-state index is 0.178. The summed E-state index contributed by atoms with van der Waals surface area (Å²) >= 11 is 5.41. The highest BCUT2D eigenvalue weighted by molar-refractivity contribution is 6.17. The topological polar surface area (TPSA) is 45.9 Å². The number of hydrogen-bond donors (Lipinski definition) is 0. The quantitative estimate of drug-likeness (QED) is 0.629. The van der Waals surface area contributed by atoms with E-state index in [-0.39, 0.29) is 11.1 Å². The van der Waals surface area contributed by atoms with E-state index in [1.165, 1.54) is 0 Å². The van der Waals surface area contributed by atoms with E-state index in [2.05, 4.69) is 9.72 Å². The van der Waals surface area contributed by atoms with Crippen molar-refractivity contribution >= 4 is 11.6 Å². The zero-order chi connectivity index (χ0) is 14.6. The Bertz CT molecular complexity index is 498. The number of ether oxygens (including phenoxy) is 1. The Kier molecular flexibility index (Phi) is 4.89. The first kappa shape index (κ1) is 15.4. The van der Waals surface area contributed by atoms with Crippen molar-refractivity contribution in [2.75, 3.05) is 0 Å². The van der Waals surface area contributed by atoms with Crippen molar-refractivity contribution in [2.24, 2.45) is 0 Å². The third-order valence-corrected chi connectivity index (χ3v) is 2.29. The van der Waals surface area contributed by atoms with Crippen LogP contribution in [0.3, 0.4) is 0 Å². The van der Waals surface area contributed by atoms with Gasteiger partial charge in [-0.2, -0.15) is 5.26 Å². The predicted octanol–water partition coefficient (Wildman–Crippen LogP) is 3.72. The van der Waals surface area contributed by atoms with Gasteiger partial charge in [0, 0.05) is 5.56 Å². The first-order chi connectivity index (χ1) is 8.78. The zero-order valence-corrected chi connectivity index (χ0v) is 9.90. The molecule has 0 bridgehead atoms. The van der Waals surface area contributed by atoms with E-state index in [0.29, 0.717) is 0 Å². The van der Waals surface area contributed by atoms with Crippen LogP contribution < -0.4 is 4.74 Å². The molecule has 0 spiro atoms. The van der Waals surface area contributed by atoms with Gasteiger partial charge in [0.2, 0.25) is 5.88 Å². The fraction of sp³-hybridized carbons (Fsp3) is 0.400. The van der Waals surface area contributed by atoms with Gasteiger partial charge in [0.15, 0.2) is 0 Å². The van der Waals surface area contributed by atoms with Crippen LogP contribution in [0.2, 0.25) is 0 Å². The number of nitrogens with zero attached hydrogens (tertiary/aromatic N) is 2. The van der Waals surface area contributed by atoms with Gasteiger partial charge in [-0.25, -0.2) is 13.8 Å². The molecular weight excluding hydrogens is 295 g/mol. The second kappa shape index (κ2) is 6.02. The first-order valence-corrected chi connectivity index (χ1v) is 5.31. The number of hydrogen-bond acceptors (Lipinski definition) is 3. The van der Waals surface area contributed by atoms with E-state index in [4.69, 9.17) is 16.9 Å². The summed E-state index contributed by atoms with van der Waals surface area (Å²) in [6.45, 7) is 0. The molecule has 0 aliphatic rings. The van der Waals surface area contributed by atoms with Crippen LogP contribution >= 0.6 is 11.6 Å². The van der Waals surface area contributed by atoms with Crippen molar-refractivity contribution < 1.29 is 26.7 Å². The molecule has 1 rings (SSSR count). The highest BCUT2D eigenvalue weighted by Crippen LogP contribution is 2.31. The maximum atomic E-state index is 12.7. The number of halogens is 6. The number of rotatable bonds is 4. The Balaban J connectivity index is 3.32. The molecule has 1 heterocycles. The molecule has 0 radical (unpaired) electrons. The lowest BCUT2D eigenvalue weighted by atomic mass is 10.1. The van der Waals surface area contributed by atoms with Gasteiger partial charge in [-0.15, -0.1) is 24.8 Å². The van der Waals surface area contributed by atoms with Crippen LogP contribution in [0, 0.1) is 11.3 Å². The number of aromatic nitrogens is 1. The molecule has 1 aromatic heterocycles. The Morgan fingerprint density at radius 3 is 2.42 bits per heavy atom. The van der Waals surface area contributed by atoms with Crippen molar-refractivity contribution in [2.45, 2.75) is 25.1 Å². The Hall–Kier alpha value is -1.62. The molecule has 0 aromatic carbocycles. The van der Waals surface area contributed by atoms with Gasteiger partial charge in [0.05, 0.1) is 18.4 Å². The molecule has 0 aliphatic carbocycles. The SMILES string of the molecule is N#CCc1cc(CCl)c(OC(F)(F)F)nc1C(F)F. The molecule has 1 aromatic rings. The molecule has 0 unspecified atom stereocenters. The predicted molar refractivity (Wildman–Crippen MR) is 54.8 cm³/mol. The molecule has 0 saturated heterocycles. The molecule has 0 saturated carbocycles. The summed E-state index contributed by atoms with van der Waals surface area (Å²) in [5.74, 6) is -1.44. The lowest BCUT2D eigenvalue weighted by Crippen LogP contribution is -2.19. The second-order valence-electron chi connectivity index (χ2n) is 3.31. The summed E-state index contributed by atoms with van der Waals surface area (Å²) in [5, 5.41) is 8.48. The van der Waals surface area contributed by atoms with Crippen LogP contribution in [0.4, 0.5) is 22.0 Å². The third-order valence-electron chi connectivity index (χ3n) is 2.01. The van der Waals surface area contributed by atoms with Gasteiger partial charge >= 0.3 is 6.36 Å². The minimum Gasteiger partial charge on any atom is -0.388 e. The summed E-state index contributed by atoms with van der Waals surface area (Å²) in [7, 11) is 0. The average Bonchev–Trinajstić information content (AvgIpc) is 2.28. The van der Waals surface area contributed by atoms with E-state index in [1.54, 1.807) is 6.07 Å². The van der Waals surface area contributed by atoms with Gasteiger partial charge in [-0.05, 0) is 11.6 Å². The molecule has 104 valence electrons. The Morgan fingerprint density at radius 1 is 1.37 bits per heavy atom.